The molecule has 0 aromatic heterocycles. The number of hydrogen-bond acceptors (Lipinski definition) is 1. The standard InChI is InChI=1S/C15H25OSi.BrH.3ClH.Li.Mg.Zn/c1-12(2)17(13(3)4,14(5)6)16-15-10-8-7-9-11-15;;;;;;;/h8-14H,1-6H3;4*1H;;;/q-1;;;;;+1;2*+2/p-4. The van der Waals surface area contributed by atoms with Crippen LogP contribution in [0.3, 0.4) is 0 Å². The Balaban J connectivity index is -0.000000111. The first kappa shape index (κ1) is 41.1. The summed E-state index contributed by atoms with van der Waals surface area (Å²) in [6.45, 7) is 13.8. The maximum atomic E-state index is 6.51. The average molecular weight is 532 g/mol. The Bertz CT molecular complexity index is 344. The van der Waals surface area contributed by atoms with Gasteiger partial charge in [0.25, 0.3) is 8.32 Å². The molecule has 24 heavy (non-hydrogen) atoms. The number of halogens is 4. The first-order chi connectivity index (χ1) is 8.91. The predicted octanol–water partition coefficient (Wildman–Crippen LogP) is -6.48. The van der Waals surface area contributed by atoms with E-state index in [1.165, 1.54) is 16.3 Å². The summed E-state index contributed by atoms with van der Waals surface area (Å²) in [5.74, 6) is 1.01. The van der Waals surface area contributed by atoms with Crippen LogP contribution >= 0.6 is 13.6 Å². The molecular weight excluding hydrogens is 507 g/mol. The van der Waals surface area contributed by atoms with Crippen LogP contribution in [0.4, 0.5) is 0 Å². The van der Waals surface area contributed by atoms with E-state index in [0.717, 1.165) is 5.75 Å². The molecule has 0 saturated heterocycles. The van der Waals surface area contributed by atoms with Gasteiger partial charge in [-0.1, -0.05) is 41.5 Å². The van der Waals surface area contributed by atoms with Crippen molar-refractivity contribution in [1.82, 2.24) is 0 Å². The number of rotatable bonds is 5. The summed E-state index contributed by atoms with van der Waals surface area (Å²) in [6, 6.07) is 10.9. The van der Waals surface area contributed by atoms with Gasteiger partial charge >= 0.3 is 71.9 Å². The molecule has 1 rings (SSSR count). The Morgan fingerprint density at radius 3 is 1.42 bits per heavy atom. The van der Waals surface area contributed by atoms with Crippen LogP contribution in [0.15, 0.2) is 24.3 Å². The van der Waals surface area contributed by atoms with Crippen molar-refractivity contribution in [3.05, 3.63) is 30.3 Å². The van der Waals surface area contributed by atoms with Gasteiger partial charge in [-0.2, -0.15) is 18.2 Å². The van der Waals surface area contributed by atoms with E-state index in [4.69, 9.17) is 4.43 Å². The van der Waals surface area contributed by atoms with Gasteiger partial charge in [0.05, 0.1) is 0 Å². The molecule has 9 heteroatoms. The average Bonchev–Trinajstić information content (AvgIpc) is 2.38. The molecule has 1 nitrogen and oxygen atoms in total. The SMILES string of the molecule is CC(C)[Si](Oc1cc[c-]cc1)(C(C)C)C(C)C.[Cl-].[Cl-].[Cl-].[Li+].[Mg+2].[Zn+][Br]. The molecule has 128 valence electrons. The third kappa shape index (κ3) is 12.1. The fourth-order valence-electron chi connectivity index (χ4n) is 3.00. The second-order valence-corrected chi connectivity index (χ2v) is 11.0. The number of hydrogen-bond donors (Lipinski definition) is 0. The molecule has 0 bridgehead atoms. The topological polar surface area (TPSA) is 9.23 Å². The van der Waals surface area contributed by atoms with Crippen molar-refractivity contribution in [1.29, 1.82) is 0 Å². The van der Waals surface area contributed by atoms with Crippen molar-refractivity contribution in [3.8, 4) is 5.75 Å². The molecule has 0 heterocycles. The van der Waals surface area contributed by atoms with Crippen molar-refractivity contribution < 1.29 is 76.9 Å². The van der Waals surface area contributed by atoms with Crippen molar-refractivity contribution in [2.75, 3.05) is 0 Å². The molecule has 1 aromatic rings. The van der Waals surface area contributed by atoms with Crippen LogP contribution in [0.1, 0.15) is 41.5 Å². The van der Waals surface area contributed by atoms with Crippen LogP contribution in [0.5, 0.6) is 5.75 Å². The monoisotopic (exact) mass is 528 g/mol. The summed E-state index contributed by atoms with van der Waals surface area (Å²) in [6.07, 6.45) is 0. The van der Waals surface area contributed by atoms with Crippen LogP contribution in [0.2, 0.25) is 16.6 Å². The summed E-state index contributed by atoms with van der Waals surface area (Å²) in [5.41, 5.74) is 1.85. The van der Waals surface area contributed by atoms with Gasteiger partial charge in [-0.3, -0.25) is 0 Å². The molecule has 0 unspecified atom stereocenters. The van der Waals surface area contributed by atoms with Crippen LogP contribution in [0.25, 0.3) is 0 Å². The second-order valence-electron chi connectivity index (χ2n) is 5.66. The van der Waals surface area contributed by atoms with Gasteiger partial charge in [0.15, 0.2) is 0 Å². The summed E-state index contributed by atoms with van der Waals surface area (Å²) in [5, 5.41) is 0. The van der Waals surface area contributed by atoms with Gasteiger partial charge in [-0.25, -0.2) is 0 Å². The first-order valence-corrected chi connectivity index (χ1v) is 15.9. The van der Waals surface area contributed by atoms with Crippen molar-refractivity contribution in [3.63, 3.8) is 0 Å². The van der Waals surface area contributed by atoms with Gasteiger partial charge < -0.3 is 41.6 Å². The molecule has 0 amide bonds. The third-order valence-corrected chi connectivity index (χ3v) is 9.69. The van der Waals surface area contributed by atoms with Crippen LogP contribution < -0.4 is 60.5 Å². The second kappa shape index (κ2) is 21.9. The summed E-state index contributed by atoms with van der Waals surface area (Å²) >= 11 is 4.25. The molecule has 0 saturated carbocycles. The zero-order chi connectivity index (χ0) is 15.1. The zero-order valence-electron chi connectivity index (χ0n) is 15.9. The normalized spacial score (nSPS) is 9.17. The van der Waals surface area contributed by atoms with E-state index in [-0.39, 0.29) is 79.1 Å². The van der Waals surface area contributed by atoms with Gasteiger partial charge in [-0.15, -0.1) is 12.1 Å². The molecule has 0 aliphatic rings. The first-order valence-electron chi connectivity index (χ1n) is 6.83. The molecule has 0 fully saturated rings. The van der Waals surface area contributed by atoms with E-state index < -0.39 is 8.32 Å². The maximum absolute atomic E-state index is 6.51. The molecular formula is C15H25BrCl3LiMgOSiZn. The molecule has 0 aliphatic carbocycles. The van der Waals surface area contributed by atoms with E-state index in [1.54, 1.807) is 0 Å². The summed E-state index contributed by atoms with van der Waals surface area (Å²) in [7, 11) is -1.78. The van der Waals surface area contributed by atoms with E-state index in [9.17, 15) is 0 Å². The Kier molecular flexibility index (Phi) is 37.4. The number of benzene rings is 1. The van der Waals surface area contributed by atoms with Crippen molar-refractivity contribution >= 4 is 45.0 Å². The Morgan fingerprint density at radius 2 is 1.17 bits per heavy atom. The fraction of sp³-hybridized carbons (Fsp3) is 0.600. The minimum atomic E-state index is -1.78. The van der Waals surface area contributed by atoms with E-state index in [1.807, 2.05) is 24.3 Å². The van der Waals surface area contributed by atoms with Gasteiger partial charge in [0.1, 0.15) is 0 Å². The molecule has 0 aliphatic heterocycles. The zero-order valence-corrected chi connectivity index (χ0v) is 25.1. The van der Waals surface area contributed by atoms with Crippen molar-refractivity contribution in [2.45, 2.75) is 58.2 Å². The Labute approximate surface area is 213 Å². The summed E-state index contributed by atoms with van der Waals surface area (Å²) in [4.78, 5) is 0. The van der Waals surface area contributed by atoms with Crippen molar-refractivity contribution in [2.24, 2.45) is 0 Å². The quantitative estimate of drug-likeness (QED) is 0.271. The summed E-state index contributed by atoms with van der Waals surface area (Å²) < 4.78 is 6.51. The van der Waals surface area contributed by atoms with E-state index in [0.29, 0.717) is 16.6 Å². The predicted molar refractivity (Wildman–Crippen MR) is 91.6 cm³/mol. The Hall–Kier alpha value is 2.57. The molecule has 0 spiro atoms. The molecule has 0 radical (unpaired) electrons. The molecule has 1 aromatic carbocycles. The van der Waals surface area contributed by atoms with Crippen LogP contribution in [-0.4, -0.2) is 31.4 Å². The molecule has 0 N–H and O–H groups in total. The van der Waals surface area contributed by atoms with E-state index >= 15 is 0 Å². The minimum absolute atomic E-state index is 0. The van der Waals surface area contributed by atoms with Gasteiger partial charge in [-0.05, 0) is 22.4 Å². The Morgan fingerprint density at radius 1 is 0.875 bits per heavy atom. The molecule has 0 atom stereocenters. The van der Waals surface area contributed by atoms with Crippen LogP contribution in [0, 0.1) is 6.07 Å². The van der Waals surface area contributed by atoms with Gasteiger partial charge in [0.2, 0.25) is 0 Å². The van der Waals surface area contributed by atoms with Gasteiger partial charge in [0, 0.05) is 0 Å². The van der Waals surface area contributed by atoms with Crippen LogP contribution in [-0.2, 0) is 16.3 Å². The van der Waals surface area contributed by atoms with E-state index in [2.05, 4.69) is 61.2 Å². The third-order valence-electron chi connectivity index (χ3n) is 3.69. The fourth-order valence-corrected chi connectivity index (χ4v) is 8.25.